The summed E-state index contributed by atoms with van der Waals surface area (Å²) >= 11 is 0. The predicted octanol–water partition coefficient (Wildman–Crippen LogP) is 0.780. The second-order valence-corrected chi connectivity index (χ2v) is 1.58. The van der Waals surface area contributed by atoms with Crippen LogP contribution in [0, 0.1) is 0 Å². The van der Waals surface area contributed by atoms with Gasteiger partial charge >= 0.3 is 0 Å². The smallest absolute Gasteiger partial charge is 0.119 e. The molecule has 0 aliphatic carbocycles. The first-order chi connectivity index (χ1) is 2.89. The minimum atomic E-state index is 0.884. The van der Waals surface area contributed by atoms with Gasteiger partial charge in [0.15, 0.2) is 0 Å². The van der Waals surface area contributed by atoms with Crippen LogP contribution in [-0.4, -0.2) is 0 Å². The highest BCUT2D eigenvalue weighted by Crippen LogP contribution is 1.86. The molecule has 1 atom stereocenters. The fourth-order valence-electron chi connectivity index (χ4n) is 0.291. The summed E-state index contributed by atoms with van der Waals surface area (Å²) in [4.78, 5) is 0. The highest BCUT2D eigenvalue weighted by atomic mass is 31.0. The molecule has 0 amide bonds. The minimum Gasteiger partial charge on any atom is -0.465 e. The molecule has 0 aliphatic heterocycles. The normalized spacial score (nSPS) is 8.83. The van der Waals surface area contributed by atoms with Gasteiger partial charge < -0.3 is 4.42 Å². The molecule has 1 nitrogen and oxygen atoms in total. The highest BCUT2D eigenvalue weighted by molar-refractivity contribution is 7.26. The molecule has 1 aromatic rings. The van der Waals surface area contributed by atoms with E-state index in [9.17, 15) is 0 Å². The number of hydrogen-bond donors (Lipinski definition) is 0. The van der Waals surface area contributed by atoms with Gasteiger partial charge in [0.1, 0.15) is 5.50 Å². The van der Waals surface area contributed by atoms with Gasteiger partial charge in [-0.05, 0) is 12.1 Å². The third kappa shape index (κ3) is 0.605. The van der Waals surface area contributed by atoms with E-state index in [0.29, 0.717) is 0 Å². The first-order valence-electron chi connectivity index (χ1n) is 1.68. The van der Waals surface area contributed by atoms with Crippen LogP contribution < -0.4 is 5.50 Å². The molecule has 32 valence electrons. The van der Waals surface area contributed by atoms with Gasteiger partial charge in [-0.3, -0.25) is 0 Å². The molecule has 1 rings (SSSR count). The molecule has 0 aromatic carbocycles. The van der Waals surface area contributed by atoms with Gasteiger partial charge in [0.25, 0.3) is 0 Å². The molecule has 1 unspecified atom stereocenters. The average Bonchev–Trinajstić information content (AvgIpc) is 1.86. The van der Waals surface area contributed by atoms with Gasteiger partial charge in [0, 0.05) is 0 Å². The van der Waals surface area contributed by atoms with Gasteiger partial charge in [-0.1, -0.05) is 9.24 Å². The van der Waals surface area contributed by atoms with Crippen molar-refractivity contribution in [1.82, 2.24) is 0 Å². The van der Waals surface area contributed by atoms with Crippen molar-refractivity contribution in [3.05, 3.63) is 18.4 Å². The predicted molar refractivity (Wildman–Crippen MR) is 28.1 cm³/mol. The van der Waals surface area contributed by atoms with Crippen molar-refractivity contribution in [2.24, 2.45) is 0 Å². The topological polar surface area (TPSA) is 13.1 Å². The van der Waals surface area contributed by atoms with Crippen molar-refractivity contribution in [1.29, 1.82) is 0 Å². The molecular weight excluding hydrogens is 95.0 g/mol. The quantitative estimate of drug-likeness (QED) is 0.439. The lowest BCUT2D eigenvalue weighted by molar-refractivity contribution is 0.604. The zero-order chi connectivity index (χ0) is 4.41. The van der Waals surface area contributed by atoms with Crippen LogP contribution in [0.15, 0.2) is 22.8 Å². The maximum Gasteiger partial charge on any atom is 0.119 e. The van der Waals surface area contributed by atoms with Crippen molar-refractivity contribution >= 4 is 14.7 Å². The van der Waals surface area contributed by atoms with Gasteiger partial charge in [-0.25, -0.2) is 0 Å². The first-order valence-corrected chi connectivity index (χ1v) is 2.26. The summed E-state index contributed by atoms with van der Waals surface area (Å²) in [6.07, 6.45) is 1.64. The van der Waals surface area contributed by atoms with E-state index < -0.39 is 0 Å². The molecule has 0 saturated carbocycles. The molecule has 2 heteroatoms. The molecule has 0 N–H and O–H groups in total. The molecular formula is C4H5OP. The maximum absolute atomic E-state index is 4.80. The van der Waals surface area contributed by atoms with Gasteiger partial charge in [-0.2, -0.15) is 0 Å². The van der Waals surface area contributed by atoms with Crippen LogP contribution in [0.4, 0.5) is 0 Å². The molecule has 0 saturated heterocycles. The zero-order valence-corrected chi connectivity index (χ0v) is 4.37. The Labute approximate surface area is 38.6 Å². The summed E-state index contributed by atoms with van der Waals surface area (Å²) in [6.45, 7) is 0. The fraction of sp³-hybridized carbons (Fsp3) is 0. The van der Waals surface area contributed by atoms with Crippen molar-refractivity contribution < 1.29 is 4.42 Å². The largest absolute Gasteiger partial charge is 0.465 e. The first kappa shape index (κ1) is 3.89. The van der Waals surface area contributed by atoms with Gasteiger partial charge in [-0.15, -0.1) is 0 Å². The summed E-state index contributed by atoms with van der Waals surface area (Å²) in [7, 11) is 2.45. The second-order valence-electron chi connectivity index (χ2n) is 1.02. The molecule has 1 aromatic heterocycles. The van der Waals surface area contributed by atoms with Crippen LogP contribution in [0.1, 0.15) is 0 Å². The Bertz CT molecular complexity index is 111. The summed E-state index contributed by atoms with van der Waals surface area (Å²) < 4.78 is 4.80. The van der Waals surface area contributed by atoms with Crippen LogP contribution in [-0.2, 0) is 0 Å². The van der Waals surface area contributed by atoms with E-state index in [4.69, 9.17) is 4.42 Å². The van der Waals surface area contributed by atoms with Crippen LogP contribution in [0.25, 0.3) is 0 Å². The van der Waals surface area contributed by atoms with E-state index in [1.807, 2.05) is 12.1 Å². The Morgan fingerprint density at radius 3 is 2.67 bits per heavy atom. The van der Waals surface area contributed by atoms with Crippen molar-refractivity contribution in [3.8, 4) is 0 Å². The van der Waals surface area contributed by atoms with Crippen LogP contribution in [0.5, 0.6) is 0 Å². The molecule has 0 radical (unpaired) electrons. The number of hydrogen-bond acceptors (Lipinski definition) is 1. The van der Waals surface area contributed by atoms with Gasteiger partial charge in [0.05, 0.1) is 6.26 Å². The lowest BCUT2D eigenvalue weighted by Gasteiger charge is -1.69. The van der Waals surface area contributed by atoms with E-state index in [-0.39, 0.29) is 0 Å². The minimum absolute atomic E-state index is 0.884. The van der Waals surface area contributed by atoms with E-state index in [1.54, 1.807) is 6.26 Å². The molecule has 0 fully saturated rings. The second kappa shape index (κ2) is 1.44. The van der Waals surface area contributed by atoms with E-state index in [0.717, 1.165) is 5.50 Å². The lowest BCUT2D eigenvalue weighted by atomic mass is 10.7. The monoisotopic (exact) mass is 100 g/mol. The highest BCUT2D eigenvalue weighted by Gasteiger charge is 1.76. The van der Waals surface area contributed by atoms with E-state index in [2.05, 4.69) is 9.24 Å². The third-order valence-corrected chi connectivity index (χ3v) is 0.872. The summed E-state index contributed by atoms with van der Waals surface area (Å²) in [5, 5.41) is 0. The Morgan fingerprint density at radius 1 is 1.67 bits per heavy atom. The molecule has 6 heavy (non-hydrogen) atoms. The van der Waals surface area contributed by atoms with Crippen molar-refractivity contribution in [2.75, 3.05) is 0 Å². The SMILES string of the molecule is Pc1ccco1. The zero-order valence-electron chi connectivity index (χ0n) is 3.22. The summed E-state index contributed by atoms with van der Waals surface area (Å²) in [6, 6.07) is 3.73. The van der Waals surface area contributed by atoms with Crippen LogP contribution in [0.3, 0.4) is 0 Å². The maximum atomic E-state index is 4.80. The molecule has 0 spiro atoms. The Kier molecular flexibility index (Phi) is 0.932. The van der Waals surface area contributed by atoms with Crippen LogP contribution in [0.2, 0.25) is 0 Å². The Hall–Kier alpha value is -0.290. The summed E-state index contributed by atoms with van der Waals surface area (Å²) in [5.41, 5.74) is 0.884. The van der Waals surface area contributed by atoms with E-state index in [1.165, 1.54) is 0 Å². The fourth-order valence-corrected chi connectivity index (χ4v) is 0.481. The molecule has 1 heterocycles. The third-order valence-electron chi connectivity index (χ3n) is 0.543. The Balaban J connectivity index is 3.05. The number of rotatable bonds is 0. The number of furan rings is 1. The lowest BCUT2D eigenvalue weighted by Crippen LogP contribution is -1.74. The van der Waals surface area contributed by atoms with Crippen molar-refractivity contribution in [2.45, 2.75) is 0 Å². The molecule has 0 bridgehead atoms. The molecule has 0 aliphatic rings. The average molecular weight is 100 g/mol. The Morgan fingerprint density at radius 2 is 2.50 bits per heavy atom. The van der Waals surface area contributed by atoms with Gasteiger partial charge in [0.2, 0.25) is 0 Å². The summed E-state index contributed by atoms with van der Waals surface area (Å²) in [5.74, 6) is 0. The van der Waals surface area contributed by atoms with E-state index >= 15 is 0 Å². The standard InChI is InChI=1S/C4H5OP/c6-4-2-1-3-5-4/h1-3H,6H2. The van der Waals surface area contributed by atoms with Crippen molar-refractivity contribution in [3.63, 3.8) is 0 Å². The van der Waals surface area contributed by atoms with Crippen LogP contribution >= 0.6 is 9.24 Å².